The second-order valence-electron chi connectivity index (χ2n) is 7.45. The SMILES string of the molecule is CCS(=O)(=O)N1CCc2cc(C(=O)COC(=O)C[C@H]3Sc4ccccc4NC3=O)ccc21. The van der Waals surface area contributed by atoms with Gasteiger partial charge in [0.15, 0.2) is 12.4 Å². The van der Waals surface area contributed by atoms with Crippen LogP contribution in [0, 0.1) is 0 Å². The van der Waals surface area contributed by atoms with Crippen LogP contribution in [0.25, 0.3) is 0 Å². The number of rotatable bonds is 7. The van der Waals surface area contributed by atoms with Crippen LogP contribution >= 0.6 is 11.8 Å². The third-order valence-electron chi connectivity index (χ3n) is 5.38. The zero-order valence-electron chi connectivity index (χ0n) is 17.4. The number of para-hydroxylation sites is 1. The van der Waals surface area contributed by atoms with Crippen LogP contribution < -0.4 is 9.62 Å². The van der Waals surface area contributed by atoms with Gasteiger partial charge in [0.2, 0.25) is 15.9 Å². The molecule has 0 saturated heterocycles. The van der Waals surface area contributed by atoms with Crippen LogP contribution in [0.1, 0.15) is 29.3 Å². The Balaban J connectivity index is 1.34. The molecule has 10 heteroatoms. The Kier molecular flexibility index (Phi) is 6.25. The molecular weight excluding hydrogens is 452 g/mol. The molecule has 2 aromatic rings. The molecule has 2 aliphatic heterocycles. The van der Waals surface area contributed by atoms with E-state index in [9.17, 15) is 22.8 Å². The van der Waals surface area contributed by atoms with Gasteiger partial charge in [-0.2, -0.15) is 0 Å². The number of ether oxygens (including phenoxy) is 1. The monoisotopic (exact) mass is 474 g/mol. The Bertz CT molecular complexity index is 1190. The summed E-state index contributed by atoms with van der Waals surface area (Å²) in [6.07, 6.45) is 0.372. The van der Waals surface area contributed by atoms with Gasteiger partial charge < -0.3 is 10.1 Å². The maximum atomic E-state index is 12.5. The van der Waals surface area contributed by atoms with E-state index in [4.69, 9.17) is 4.74 Å². The smallest absolute Gasteiger partial charge is 0.307 e. The van der Waals surface area contributed by atoms with Gasteiger partial charge in [-0.05, 0) is 49.2 Å². The van der Waals surface area contributed by atoms with Crippen molar-refractivity contribution >= 4 is 50.8 Å². The van der Waals surface area contributed by atoms with E-state index in [1.165, 1.54) is 16.1 Å². The Morgan fingerprint density at radius 3 is 2.78 bits per heavy atom. The van der Waals surface area contributed by atoms with Crippen molar-refractivity contribution in [2.45, 2.75) is 29.9 Å². The zero-order chi connectivity index (χ0) is 22.9. The van der Waals surface area contributed by atoms with E-state index in [0.29, 0.717) is 29.9 Å². The predicted octanol–water partition coefficient (Wildman–Crippen LogP) is 2.63. The van der Waals surface area contributed by atoms with E-state index in [-0.39, 0.29) is 23.9 Å². The van der Waals surface area contributed by atoms with Crippen LogP contribution in [0.5, 0.6) is 0 Å². The molecule has 1 amide bonds. The number of Topliss-reactive ketones (excluding diaryl/α,β-unsaturated/α-hetero) is 1. The fourth-order valence-corrected chi connectivity index (χ4v) is 5.91. The summed E-state index contributed by atoms with van der Waals surface area (Å²) in [6.45, 7) is 1.50. The summed E-state index contributed by atoms with van der Waals surface area (Å²) in [5.41, 5.74) is 2.42. The lowest BCUT2D eigenvalue weighted by molar-refractivity contribution is -0.143. The molecule has 0 spiro atoms. The van der Waals surface area contributed by atoms with Crippen LogP contribution in [0.3, 0.4) is 0 Å². The first kappa shape index (κ1) is 22.3. The number of carbonyl (C=O) groups excluding carboxylic acids is 3. The van der Waals surface area contributed by atoms with Crippen molar-refractivity contribution in [1.82, 2.24) is 0 Å². The Hall–Kier alpha value is -2.85. The number of carbonyl (C=O) groups is 3. The number of esters is 1. The van der Waals surface area contributed by atoms with Crippen LogP contribution in [-0.4, -0.2) is 50.2 Å². The predicted molar refractivity (Wildman–Crippen MR) is 122 cm³/mol. The van der Waals surface area contributed by atoms with Gasteiger partial charge in [-0.15, -0.1) is 11.8 Å². The summed E-state index contributed by atoms with van der Waals surface area (Å²) in [6, 6.07) is 12.1. The van der Waals surface area contributed by atoms with Crippen molar-refractivity contribution in [2.75, 3.05) is 28.5 Å². The number of benzene rings is 2. The molecule has 1 atom stereocenters. The molecule has 2 aliphatic rings. The molecule has 8 nitrogen and oxygen atoms in total. The summed E-state index contributed by atoms with van der Waals surface area (Å²) in [5, 5.41) is 2.14. The highest BCUT2D eigenvalue weighted by Gasteiger charge is 2.30. The topological polar surface area (TPSA) is 110 Å². The summed E-state index contributed by atoms with van der Waals surface area (Å²) in [7, 11) is -3.36. The van der Waals surface area contributed by atoms with Crippen LogP contribution in [0.15, 0.2) is 47.4 Å². The van der Waals surface area contributed by atoms with E-state index in [1.54, 1.807) is 31.2 Å². The molecule has 0 aromatic heterocycles. The Labute approximate surface area is 190 Å². The number of amides is 1. The fourth-order valence-electron chi connectivity index (χ4n) is 3.66. The van der Waals surface area contributed by atoms with Crippen molar-refractivity contribution in [1.29, 1.82) is 0 Å². The largest absolute Gasteiger partial charge is 0.457 e. The average Bonchev–Trinajstić information content (AvgIpc) is 3.22. The molecule has 0 saturated carbocycles. The van der Waals surface area contributed by atoms with Gasteiger partial charge in [0.25, 0.3) is 0 Å². The highest BCUT2D eigenvalue weighted by atomic mass is 32.2. The average molecular weight is 475 g/mol. The van der Waals surface area contributed by atoms with Gasteiger partial charge in [-0.25, -0.2) is 8.42 Å². The molecule has 32 heavy (non-hydrogen) atoms. The van der Waals surface area contributed by atoms with E-state index in [2.05, 4.69) is 5.32 Å². The molecule has 0 radical (unpaired) electrons. The maximum Gasteiger partial charge on any atom is 0.307 e. The molecule has 0 unspecified atom stereocenters. The summed E-state index contributed by atoms with van der Waals surface area (Å²) in [5.74, 6) is -1.29. The van der Waals surface area contributed by atoms with Crippen molar-refractivity contribution in [3.63, 3.8) is 0 Å². The van der Waals surface area contributed by atoms with Gasteiger partial charge in [0.1, 0.15) is 0 Å². The number of nitrogens with zero attached hydrogens (tertiary/aromatic N) is 1. The minimum atomic E-state index is -3.36. The van der Waals surface area contributed by atoms with Crippen molar-refractivity contribution in [3.05, 3.63) is 53.6 Å². The van der Waals surface area contributed by atoms with Gasteiger partial charge in [-0.1, -0.05) is 12.1 Å². The van der Waals surface area contributed by atoms with E-state index < -0.39 is 27.8 Å². The summed E-state index contributed by atoms with van der Waals surface area (Å²) in [4.78, 5) is 37.8. The van der Waals surface area contributed by atoms with Crippen LogP contribution in [0.4, 0.5) is 11.4 Å². The normalized spacial score (nSPS) is 17.3. The third-order valence-corrected chi connectivity index (χ3v) is 8.43. The number of hydrogen-bond donors (Lipinski definition) is 1. The molecular formula is C22H22N2O6S2. The molecule has 2 heterocycles. The molecule has 1 N–H and O–H groups in total. The number of anilines is 2. The first-order chi connectivity index (χ1) is 15.3. The lowest BCUT2D eigenvalue weighted by Gasteiger charge is -2.23. The maximum absolute atomic E-state index is 12.5. The van der Waals surface area contributed by atoms with E-state index in [1.807, 2.05) is 18.2 Å². The van der Waals surface area contributed by atoms with E-state index >= 15 is 0 Å². The Morgan fingerprint density at radius 2 is 2.00 bits per heavy atom. The quantitative estimate of drug-likeness (QED) is 0.485. The van der Waals surface area contributed by atoms with Crippen LogP contribution in [-0.2, 0) is 30.8 Å². The number of thioether (sulfide) groups is 1. The second-order valence-corrected chi connectivity index (χ2v) is 10.9. The molecule has 2 aromatic carbocycles. The van der Waals surface area contributed by atoms with Crippen LogP contribution in [0.2, 0.25) is 0 Å². The minimum absolute atomic E-state index is 0.00591. The second kappa shape index (κ2) is 8.95. The lowest BCUT2D eigenvalue weighted by atomic mass is 10.1. The van der Waals surface area contributed by atoms with E-state index in [0.717, 1.165) is 10.5 Å². The summed E-state index contributed by atoms with van der Waals surface area (Å²) < 4.78 is 30.9. The Morgan fingerprint density at radius 1 is 1.22 bits per heavy atom. The molecule has 0 aliphatic carbocycles. The highest BCUT2D eigenvalue weighted by molar-refractivity contribution is 8.01. The first-order valence-electron chi connectivity index (χ1n) is 10.2. The number of fused-ring (bicyclic) bond motifs is 2. The zero-order valence-corrected chi connectivity index (χ0v) is 19.0. The van der Waals surface area contributed by atoms with Crippen molar-refractivity contribution in [2.24, 2.45) is 0 Å². The van der Waals surface area contributed by atoms with Gasteiger partial charge >= 0.3 is 5.97 Å². The van der Waals surface area contributed by atoms with Gasteiger partial charge in [-0.3, -0.25) is 18.7 Å². The molecule has 0 fully saturated rings. The molecule has 4 rings (SSSR count). The number of hydrogen-bond acceptors (Lipinski definition) is 7. The third kappa shape index (κ3) is 4.51. The van der Waals surface area contributed by atoms with Crippen molar-refractivity contribution < 1.29 is 27.5 Å². The minimum Gasteiger partial charge on any atom is -0.457 e. The fraction of sp³-hybridized carbons (Fsp3) is 0.318. The van der Waals surface area contributed by atoms with Gasteiger partial charge in [0.05, 0.1) is 28.8 Å². The first-order valence-corrected chi connectivity index (χ1v) is 12.7. The number of nitrogens with one attached hydrogen (secondary N) is 1. The molecule has 0 bridgehead atoms. The number of ketones is 1. The summed E-state index contributed by atoms with van der Waals surface area (Å²) >= 11 is 1.29. The van der Waals surface area contributed by atoms with Gasteiger partial charge in [0, 0.05) is 17.0 Å². The lowest BCUT2D eigenvalue weighted by Crippen LogP contribution is -2.31. The highest BCUT2D eigenvalue weighted by Crippen LogP contribution is 2.36. The standard InChI is InChI=1S/C22H22N2O6S2/c1-2-32(28,29)24-10-9-14-11-15(7-8-17(14)24)18(25)13-30-21(26)12-20-22(27)23-16-5-3-4-6-19(16)31-20/h3-8,11,20H,2,9-10,12-13H2,1H3,(H,23,27)/t20-/m1/s1. The van der Waals surface area contributed by atoms with Crippen molar-refractivity contribution in [3.8, 4) is 0 Å². The number of sulfonamides is 1. The molecule has 168 valence electrons.